The Kier molecular flexibility index (Phi) is 9.09. The first-order valence-corrected chi connectivity index (χ1v) is 10.3. The van der Waals surface area contributed by atoms with Crippen molar-refractivity contribution in [3.05, 3.63) is 53.6 Å². The minimum absolute atomic E-state index is 0.363. The number of ether oxygens (including phenoxy) is 1. The predicted octanol–water partition coefficient (Wildman–Crippen LogP) is 7.43. The van der Waals surface area contributed by atoms with Gasteiger partial charge in [-0.15, -0.1) is 0 Å². The number of aromatic hydroxyl groups is 1. The Labute approximate surface area is 159 Å². The first-order chi connectivity index (χ1) is 12.8. The molecule has 1 N–H and O–H groups in total. The van der Waals surface area contributed by atoms with E-state index in [1.54, 1.807) is 0 Å². The fourth-order valence-corrected chi connectivity index (χ4v) is 3.37. The Bertz CT molecular complexity index is 634. The summed E-state index contributed by atoms with van der Waals surface area (Å²) in [6.45, 7) is 4.43. The van der Waals surface area contributed by atoms with Crippen molar-refractivity contribution < 1.29 is 9.84 Å². The summed E-state index contributed by atoms with van der Waals surface area (Å²) >= 11 is 0. The molecule has 0 atom stereocenters. The number of phenols is 1. The highest BCUT2D eigenvalue weighted by Gasteiger charge is 2.15. The lowest BCUT2D eigenvalue weighted by Crippen LogP contribution is -1.99. The topological polar surface area (TPSA) is 29.5 Å². The quantitative estimate of drug-likeness (QED) is 0.402. The van der Waals surface area contributed by atoms with E-state index in [0.29, 0.717) is 5.75 Å². The van der Waals surface area contributed by atoms with Crippen molar-refractivity contribution in [3.8, 4) is 17.2 Å². The molecular formula is C24H34O2. The largest absolute Gasteiger partial charge is 0.508 e. The molecule has 0 amide bonds. The molecule has 0 saturated heterocycles. The summed E-state index contributed by atoms with van der Waals surface area (Å²) in [7, 11) is 0. The fraction of sp³-hybridized carbons (Fsp3) is 0.500. The lowest BCUT2D eigenvalue weighted by atomic mass is 9.98. The molecule has 0 saturated carbocycles. The molecule has 0 radical (unpaired) electrons. The molecule has 2 aromatic carbocycles. The normalized spacial score (nSPS) is 10.8. The van der Waals surface area contributed by atoms with E-state index in [9.17, 15) is 5.11 Å². The minimum Gasteiger partial charge on any atom is -0.508 e. The van der Waals surface area contributed by atoms with Crippen LogP contribution < -0.4 is 4.74 Å². The smallest absolute Gasteiger partial charge is 0.137 e. The maximum Gasteiger partial charge on any atom is 0.137 e. The van der Waals surface area contributed by atoms with Gasteiger partial charge in [-0.05, 0) is 43.0 Å². The summed E-state index contributed by atoms with van der Waals surface area (Å²) in [5, 5.41) is 10.5. The number of hydrogen-bond acceptors (Lipinski definition) is 2. The molecule has 2 rings (SSSR count). The van der Waals surface area contributed by atoms with Crippen molar-refractivity contribution in [2.75, 3.05) is 0 Å². The molecular weight excluding hydrogens is 320 g/mol. The predicted molar refractivity (Wildman–Crippen MR) is 110 cm³/mol. The fourth-order valence-electron chi connectivity index (χ4n) is 3.37. The van der Waals surface area contributed by atoms with E-state index in [2.05, 4.69) is 13.8 Å². The molecule has 0 aliphatic rings. The maximum atomic E-state index is 10.5. The Morgan fingerprint density at radius 3 is 2.12 bits per heavy atom. The lowest BCUT2D eigenvalue weighted by molar-refractivity contribution is 0.436. The second kappa shape index (κ2) is 11.6. The van der Waals surface area contributed by atoms with Gasteiger partial charge >= 0.3 is 0 Å². The average molecular weight is 355 g/mol. The summed E-state index contributed by atoms with van der Waals surface area (Å²) in [6, 6.07) is 13.7. The third-order valence-electron chi connectivity index (χ3n) is 4.83. The Morgan fingerprint density at radius 2 is 1.42 bits per heavy atom. The summed E-state index contributed by atoms with van der Waals surface area (Å²) in [5.74, 6) is 2.06. The van der Waals surface area contributed by atoms with Crippen LogP contribution in [0.25, 0.3) is 0 Å². The average Bonchev–Trinajstić information content (AvgIpc) is 2.66. The van der Waals surface area contributed by atoms with E-state index in [4.69, 9.17) is 4.74 Å². The van der Waals surface area contributed by atoms with Crippen LogP contribution in [0.4, 0.5) is 0 Å². The highest BCUT2D eigenvalue weighted by atomic mass is 16.5. The standard InChI is InChI=1S/C24H34O2/c1-3-5-6-7-8-9-13-17-22-23(25)19-18-20(14-4-2)24(22)26-21-15-11-10-12-16-21/h10-12,15-16,18-19,25H,3-9,13-14,17H2,1-2H3. The molecule has 2 heteroatoms. The highest BCUT2D eigenvalue weighted by Crippen LogP contribution is 2.37. The monoisotopic (exact) mass is 354 g/mol. The van der Waals surface area contributed by atoms with Crippen LogP contribution >= 0.6 is 0 Å². The molecule has 0 aliphatic carbocycles. The number of unbranched alkanes of at least 4 members (excludes halogenated alkanes) is 6. The molecule has 142 valence electrons. The SMILES string of the molecule is CCCCCCCCCc1c(O)ccc(CCC)c1Oc1ccccc1. The highest BCUT2D eigenvalue weighted by molar-refractivity contribution is 5.51. The first-order valence-electron chi connectivity index (χ1n) is 10.3. The second-order valence-electron chi connectivity index (χ2n) is 7.09. The number of rotatable bonds is 12. The van der Waals surface area contributed by atoms with Gasteiger partial charge in [0.2, 0.25) is 0 Å². The zero-order valence-electron chi connectivity index (χ0n) is 16.5. The van der Waals surface area contributed by atoms with Gasteiger partial charge in [-0.1, -0.05) is 83.1 Å². The van der Waals surface area contributed by atoms with Crippen molar-refractivity contribution >= 4 is 0 Å². The van der Waals surface area contributed by atoms with E-state index in [0.717, 1.165) is 42.7 Å². The molecule has 2 nitrogen and oxygen atoms in total. The van der Waals surface area contributed by atoms with Gasteiger partial charge in [0.15, 0.2) is 0 Å². The van der Waals surface area contributed by atoms with Crippen LogP contribution in [0.15, 0.2) is 42.5 Å². The van der Waals surface area contributed by atoms with Gasteiger partial charge in [0, 0.05) is 5.56 Å². The van der Waals surface area contributed by atoms with Crippen molar-refractivity contribution in [2.24, 2.45) is 0 Å². The Hall–Kier alpha value is -1.96. The molecule has 0 spiro atoms. The van der Waals surface area contributed by atoms with Gasteiger partial charge in [-0.3, -0.25) is 0 Å². The van der Waals surface area contributed by atoms with Gasteiger partial charge in [0.1, 0.15) is 17.2 Å². The molecule has 0 fully saturated rings. The maximum absolute atomic E-state index is 10.5. The Morgan fingerprint density at radius 1 is 0.731 bits per heavy atom. The molecule has 26 heavy (non-hydrogen) atoms. The van der Waals surface area contributed by atoms with E-state index in [1.165, 1.54) is 44.1 Å². The van der Waals surface area contributed by atoms with Gasteiger partial charge in [0.25, 0.3) is 0 Å². The van der Waals surface area contributed by atoms with Gasteiger partial charge < -0.3 is 9.84 Å². The van der Waals surface area contributed by atoms with Crippen molar-refractivity contribution in [1.29, 1.82) is 0 Å². The molecule has 0 aliphatic heterocycles. The van der Waals surface area contributed by atoms with Crippen molar-refractivity contribution in [2.45, 2.75) is 78.1 Å². The van der Waals surface area contributed by atoms with E-state index in [-0.39, 0.29) is 0 Å². The zero-order valence-corrected chi connectivity index (χ0v) is 16.5. The molecule has 0 aromatic heterocycles. The summed E-state index contributed by atoms with van der Waals surface area (Å²) in [5.41, 5.74) is 2.15. The summed E-state index contributed by atoms with van der Waals surface area (Å²) < 4.78 is 6.22. The molecule has 0 unspecified atom stereocenters. The first kappa shape index (κ1) is 20.4. The summed E-state index contributed by atoms with van der Waals surface area (Å²) in [6.07, 6.45) is 11.8. The van der Waals surface area contributed by atoms with Gasteiger partial charge in [-0.25, -0.2) is 0 Å². The molecule has 0 heterocycles. The van der Waals surface area contributed by atoms with Crippen LogP contribution in [0.1, 0.15) is 76.3 Å². The van der Waals surface area contributed by atoms with E-state index < -0.39 is 0 Å². The lowest BCUT2D eigenvalue weighted by Gasteiger charge is -2.17. The van der Waals surface area contributed by atoms with Gasteiger partial charge in [0.05, 0.1) is 0 Å². The number of phenolic OH excluding ortho intramolecular Hbond substituents is 1. The molecule has 0 bridgehead atoms. The van der Waals surface area contributed by atoms with Crippen LogP contribution in [0.2, 0.25) is 0 Å². The third kappa shape index (κ3) is 6.40. The molecule has 2 aromatic rings. The van der Waals surface area contributed by atoms with Crippen LogP contribution in [-0.2, 0) is 12.8 Å². The van der Waals surface area contributed by atoms with Crippen molar-refractivity contribution in [3.63, 3.8) is 0 Å². The minimum atomic E-state index is 0.363. The van der Waals surface area contributed by atoms with Crippen LogP contribution in [0.3, 0.4) is 0 Å². The number of benzene rings is 2. The number of para-hydroxylation sites is 1. The number of aryl methyl sites for hydroxylation is 1. The summed E-state index contributed by atoms with van der Waals surface area (Å²) in [4.78, 5) is 0. The van der Waals surface area contributed by atoms with E-state index in [1.807, 2.05) is 42.5 Å². The zero-order chi connectivity index (χ0) is 18.6. The van der Waals surface area contributed by atoms with Crippen molar-refractivity contribution in [1.82, 2.24) is 0 Å². The van der Waals surface area contributed by atoms with Crippen LogP contribution in [-0.4, -0.2) is 5.11 Å². The Balaban J connectivity index is 2.06. The van der Waals surface area contributed by atoms with Crippen LogP contribution in [0.5, 0.6) is 17.2 Å². The van der Waals surface area contributed by atoms with Gasteiger partial charge in [-0.2, -0.15) is 0 Å². The second-order valence-corrected chi connectivity index (χ2v) is 7.09. The third-order valence-corrected chi connectivity index (χ3v) is 4.83. The van der Waals surface area contributed by atoms with Crippen LogP contribution in [0, 0.1) is 0 Å². The number of hydrogen-bond donors (Lipinski definition) is 1. The van der Waals surface area contributed by atoms with E-state index >= 15 is 0 Å².